The van der Waals surface area contributed by atoms with Crippen molar-refractivity contribution in [3.05, 3.63) is 24.0 Å². The lowest BCUT2D eigenvalue weighted by molar-refractivity contribution is 0.437. The Hall–Kier alpha value is -2.42. The molecule has 1 aliphatic rings. The quantitative estimate of drug-likeness (QED) is 0.907. The van der Waals surface area contributed by atoms with Crippen molar-refractivity contribution >= 4 is 5.82 Å². The topological polar surface area (TPSA) is 87.6 Å². The molecular formula is C15H17N5O. The van der Waals surface area contributed by atoms with Crippen molar-refractivity contribution in [2.45, 2.75) is 38.5 Å². The van der Waals surface area contributed by atoms with Crippen molar-refractivity contribution in [1.29, 1.82) is 5.26 Å². The Kier molecular flexibility index (Phi) is 3.82. The maximum absolute atomic E-state index is 8.93. The molecule has 21 heavy (non-hydrogen) atoms. The molecule has 1 N–H and O–H groups in total. The summed E-state index contributed by atoms with van der Waals surface area (Å²) in [6.07, 6.45) is 6.45. The summed E-state index contributed by atoms with van der Waals surface area (Å²) < 4.78 is 5.88. The number of hydrogen-bond acceptors (Lipinski definition) is 6. The van der Waals surface area contributed by atoms with Crippen LogP contribution in [-0.4, -0.2) is 21.5 Å². The first-order valence-electron chi connectivity index (χ1n) is 7.24. The zero-order valence-corrected chi connectivity index (χ0v) is 12.0. The van der Waals surface area contributed by atoms with Crippen molar-refractivity contribution in [3.63, 3.8) is 0 Å². The minimum Gasteiger partial charge on any atom is -0.439 e. The van der Waals surface area contributed by atoms with Crippen LogP contribution in [0.2, 0.25) is 0 Å². The van der Waals surface area contributed by atoms with Crippen molar-refractivity contribution < 1.29 is 4.42 Å². The average molecular weight is 283 g/mol. The molecule has 108 valence electrons. The minimum atomic E-state index is 0.0572. The predicted molar refractivity (Wildman–Crippen MR) is 77.6 cm³/mol. The maximum atomic E-state index is 8.93. The Bertz CT molecular complexity index is 673. The van der Waals surface area contributed by atoms with E-state index in [2.05, 4.69) is 33.3 Å². The summed E-state index contributed by atoms with van der Waals surface area (Å²) in [6.45, 7) is 2.96. The van der Waals surface area contributed by atoms with Crippen LogP contribution in [0.4, 0.5) is 5.82 Å². The van der Waals surface area contributed by atoms with Crippen molar-refractivity contribution in [2.75, 3.05) is 11.9 Å². The predicted octanol–water partition coefficient (Wildman–Crippen LogP) is 2.90. The number of nitriles is 1. The van der Waals surface area contributed by atoms with Gasteiger partial charge in [0.2, 0.25) is 0 Å². The molecule has 6 nitrogen and oxygen atoms in total. The fraction of sp³-hybridized carbons (Fsp3) is 0.467. The van der Waals surface area contributed by atoms with E-state index in [1.165, 1.54) is 6.33 Å². The summed E-state index contributed by atoms with van der Waals surface area (Å²) in [5.41, 5.74) is 1.88. The summed E-state index contributed by atoms with van der Waals surface area (Å²) in [5, 5.41) is 12.2. The van der Waals surface area contributed by atoms with Gasteiger partial charge in [-0.15, -0.1) is 0 Å². The second-order valence-corrected chi connectivity index (χ2v) is 5.14. The smallest absolute Gasteiger partial charge is 0.199 e. The number of nitrogens with zero attached hydrogens (tertiary/aromatic N) is 4. The molecule has 0 saturated carbocycles. The standard InChI is InChI=1S/C15H17N5O/c1-2-3-10(4-6-16)15-18-8-12(21-15)13-11-5-7-17-14(11)20-9-19-13/h8-10H,2-5,7H2,1H3,(H,17,19,20). The minimum absolute atomic E-state index is 0.0572. The van der Waals surface area contributed by atoms with Gasteiger partial charge in [0.1, 0.15) is 17.8 Å². The highest BCUT2D eigenvalue weighted by molar-refractivity contribution is 5.65. The van der Waals surface area contributed by atoms with Crippen molar-refractivity contribution in [3.8, 4) is 17.5 Å². The molecule has 3 heterocycles. The van der Waals surface area contributed by atoms with Crippen molar-refractivity contribution in [2.24, 2.45) is 0 Å². The number of aromatic nitrogens is 3. The van der Waals surface area contributed by atoms with E-state index in [1.54, 1.807) is 6.20 Å². The van der Waals surface area contributed by atoms with Gasteiger partial charge in [-0.1, -0.05) is 13.3 Å². The van der Waals surface area contributed by atoms with Crippen LogP contribution < -0.4 is 5.32 Å². The molecule has 3 rings (SSSR count). The monoisotopic (exact) mass is 283 g/mol. The first-order valence-corrected chi connectivity index (χ1v) is 7.24. The lowest BCUT2D eigenvalue weighted by atomic mass is 10.0. The second kappa shape index (κ2) is 5.92. The van der Waals surface area contributed by atoms with Crippen LogP contribution in [0.25, 0.3) is 11.5 Å². The number of oxazole rings is 1. The number of hydrogen-bond donors (Lipinski definition) is 1. The molecular weight excluding hydrogens is 266 g/mol. The Balaban J connectivity index is 1.92. The normalized spacial score (nSPS) is 14.3. The van der Waals surface area contributed by atoms with Gasteiger partial charge in [-0.3, -0.25) is 0 Å². The molecule has 0 spiro atoms. The molecule has 0 saturated heterocycles. The van der Waals surface area contributed by atoms with Gasteiger partial charge in [0.25, 0.3) is 0 Å². The molecule has 0 aliphatic carbocycles. The molecule has 2 aromatic heterocycles. The lowest BCUT2D eigenvalue weighted by Crippen LogP contribution is -1.97. The third-order valence-corrected chi connectivity index (χ3v) is 3.69. The fourth-order valence-electron chi connectivity index (χ4n) is 2.68. The van der Waals surface area contributed by atoms with E-state index in [4.69, 9.17) is 9.68 Å². The maximum Gasteiger partial charge on any atom is 0.199 e. The Labute approximate surface area is 123 Å². The van der Waals surface area contributed by atoms with Crippen LogP contribution in [-0.2, 0) is 6.42 Å². The highest BCUT2D eigenvalue weighted by Crippen LogP contribution is 2.32. The summed E-state index contributed by atoms with van der Waals surface area (Å²) in [7, 11) is 0. The molecule has 1 aliphatic heterocycles. The third-order valence-electron chi connectivity index (χ3n) is 3.69. The Morgan fingerprint density at radius 2 is 2.33 bits per heavy atom. The summed E-state index contributed by atoms with van der Waals surface area (Å²) in [4.78, 5) is 12.9. The SMILES string of the molecule is CCCC(CC#N)c1ncc(-c2ncnc3c2CCN3)o1. The Morgan fingerprint density at radius 1 is 1.43 bits per heavy atom. The molecule has 0 bridgehead atoms. The molecule has 6 heteroatoms. The van der Waals surface area contributed by atoms with Crippen LogP contribution >= 0.6 is 0 Å². The van der Waals surface area contributed by atoms with Crippen LogP contribution in [0.1, 0.15) is 43.6 Å². The first kappa shape index (κ1) is 13.6. The Morgan fingerprint density at radius 3 is 3.14 bits per heavy atom. The van der Waals surface area contributed by atoms with Gasteiger partial charge >= 0.3 is 0 Å². The third kappa shape index (κ3) is 2.59. The van der Waals surface area contributed by atoms with E-state index in [-0.39, 0.29) is 5.92 Å². The van der Waals surface area contributed by atoms with Gasteiger partial charge < -0.3 is 9.73 Å². The molecule has 1 unspecified atom stereocenters. The molecule has 1 atom stereocenters. The fourth-order valence-corrected chi connectivity index (χ4v) is 2.68. The summed E-state index contributed by atoms with van der Waals surface area (Å²) in [5.74, 6) is 2.22. The van der Waals surface area contributed by atoms with Crippen molar-refractivity contribution in [1.82, 2.24) is 15.0 Å². The van der Waals surface area contributed by atoms with Crippen LogP contribution in [0.3, 0.4) is 0 Å². The molecule has 0 amide bonds. The largest absolute Gasteiger partial charge is 0.439 e. The van der Waals surface area contributed by atoms with Crippen LogP contribution in [0, 0.1) is 11.3 Å². The summed E-state index contributed by atoms with van der Waals surface area (Å²) >= 11 is 0. The van der Waals surface area contributed by atoms with Crippen LogP contribution in [0.5, 0.6) is 0 Å². The number of rotatable bonds is 5. The highest BCUT2D eigenvalue weighted by Gasteiger charge is 2.22. The molecule has 0 radical (unpaired) electrons. The number of anilines is 1. The second-order valence-electron chi connectivity index (χ2n) is 5.14. The van der Waals surface area contributed by atoms with Gasteiger partial charge in [-0.2, -0.15) is 5.26 Å². The zero-order chi connectivity index (χ0) is 14.7. The number of fused-ring (bicyclic) bond motifs is 1. The first-order chi connectivity index (χ1) is 10.3. The van der Waals surface area contributed by atoms with Gasteiger partial charge in [0.15, 0.2) is 11.7 Å². The molecule has 0 aromatic carbocycles. The van der Waals surface area contributed by atoms with Crippen LogP contribution in [0.15, 0.2) is 16.9 Å². The van der Waals surface area contributed by atoms with E-state index >= 15 is 0 Å². The molecule has 2 aromatic rings. The highest BCUT2D eigenvalue weighted by atomic mass is 16.4. The van der Waals surface area contributed by atoms with Gasteiger partial charge in [0, 0.05) is 24.4 Å². The number of nitrogens with one attached hydrogen (secondary N) is 1. The molecule has 0 fully saturated rings. The van der Waals surface area contributed by atoms with E-state index in [9.17, 15) is 0 Å². The van der Waals surface area contributed by atoms with E-state index in [1.807, 2.05) is 0 Å². The van der Waals surface area contributed by atoms with Gasteiger partial charge in [-0.25, -0.2) is 15.0 Å². The lowest BCUT2D eigenvalue weighted by Gasteiger charge is -2.07. The van der Waals surface area contributed by atoms with E-state index in [0.29, 0.717) is 18.1 Å². The van der Waals surface area contributed by atoms with E-state index < -0.39 is 0 Å². The van der Waals surface area contributed by atoms with Gasteiger partial charge in [0.05, 0.1) is 12.3 Å². The van der Waals surface area contributed by atoms with Gasteiger partial charge in [-0.05, 0) is 12.8 Å². The zero-order valence-electron chi connectivity index (χ0n) is 12.0. The van der Waals surface area contributed by atoms with E-state index in [0.717, 1.165) is 42.9 Å². The average Bonchev–Trinajstić information content (AvgIpc) is 3.15. The summed E-state index contributed by atoms with van der Waals surface area (Å²) in [6, 6.07) is 2.21.